The maximum Gasteiger partial charge on any atom is 0.419 e. The van der Waals surface area contributed by atoms with Crippen LogP contribution in [-0.2, 0) is 12.4 Å². The molecule has 0 saturated carbocycles. The van der Waals surface area contributed by atoms with Crippen LogP contribution in [0.1, 0.15) is 36.5 Å². The number of hydrogen-bond acceptors (Lipinski definition) is 0. The van der Waals surface area contributed by atoms with Crippen molar-refractivity contribution < 1.29 is 30.7 Å². The molecule has 102 valence electrons. The largest absolute Gasteiger partial charge is 0.419 e. The van der Waals surface area contributed by atoms with Gasteiger partial charge in [0.15, 0.2) is 0 Å². The maximum atomic E-state index is 13.5. The Kier molecular flexibility index (Phi) is 3.65. The fourth-order valence-corrected chi connectivity index (χ4v) is 1.44. The molecule has 0 atom stereocenters. The zero-order valence-electron chi connectivity index (χ0n) is 9.38. The lowest BCUT2D eigenvalue weighted by atomic mass is 9.96. The van der Waals surface area contributed by atoms with Crippen LogP contribution in [-0.4, -0.2) is 0 Å². The van der Waals surface area contributed by atoms with Gasteiger partial charge in [-0.1, -0.05) is 13.8 Å². The molecule has 0 aromatic heterocycles. The molecule has 0 fully saturated rings. The minimum atomic E-state index is -5.16. The first kappa shape index (κ1) is 14.8. The van der Waals surface area contributed by atoms with Gasteiger partial charge in [-0.25, -0.2) is 4.39 Å². The highest BCUT2D eigenvalue weighted by Gasteiger charge is 2.40. The number of rotatable bonds is 1. The highest BCUT2D eigenvalue weighted by Crippen LogP contribution is 2.39. The predicted octanol–water partition coefficient (Wildman–Crippen LogP) is 4.99. The van der Waals surface area contributed by atoms with Crippen LogP contribution in [0.15, 0.2) is 12.1 Å². The Morgan fingerprint density at radius 3 is 1.72 bits per heavy atom. The molecule has 0 nitrogen and oxygen atoms in total. The van der Waals surface area contributed by atoms with Crippen molar-refractivity contribution in [3.63, 3.8) is 0 Å². The van der Waals surface area contributed by atoms with Crippen LogP contribution in [0.25, 0.3) is 0 Å². The minimum absolute atomic E-state index is 0.207. The fourth-order valence-electron chi connectivity index (χ4n) is 1.44. The number of halogens is 7. The molecule has 0 aliphatic heterocycles. The molecular formula is C11H9F7. The summed E-state index contributed by atoms with van der Waals surface area (Å²) in [6.45, 7) is 2.64. The zero-order chi connectivity index (χ0) is 14.3. The topological polar surface area (TPSA) is 0 Å². The third-order valence-electron chi connectivity index (χ3n) is 2.36. The van der Waals surface area contributed by atoms with E-state index in [0.29, 0.717) is 6.07 Å². The third-order valence-corrected chi connectivity index (χ3v) is 2.36. The molecule has 0 N–H and O–H groups in total. The van der Waals surface area contributed by atoms with E-state index in [1.165, 1.54) is 13.8 Å². The summed E-state index contributed by atoms with van der Waals surface area (Å²) in [5, 5.41) is 0. The second-order valence-corrected chi connectivity index (χ2v) is 4.08. The molecule has 1 aromatic rings. The first-order valence-corrected chi connectivity index (χ1v) is 4.92. The van der Waals surface area contributed by atoms with E-state index in [-0.39, 0.29) is 6.07 Å². The second-order valence-electron chi connectivity index (χ2n) is 4.08. The van der Waals surface area contributed by atoms with Gasteiger partial charge in [0.25, 0.3) is 0 Å². The summed E-state index contributed by atoms with van der Waals surface area (Å²) in [5.41, 5.74) is -3.99. The molecule has 0 aliphatic carbocycles. The van der Waals surface area contributed by atoms with Crippen LogP contribution < -0.4 is 0 Å². The van der Waals surface area contributed by atoms with Gasteiger partial charge in [-0.3, -0.25) is 0 Å². The van der Waals surface area contributed by atoms with Crippen LogP contribution >= 0.6 is 0 Å². The van der Waals surface area contributed by atoms with Crippen molar-refractivity contribution in [1.29, 1.82) is 0 Å². The normalized spacial score (nSPS) is 13.2. The average molecular weight is 274 g/mol. The lowest BCUT2D eigenvalue weighted by Crippen LogP contribution is -2.15. The van der Waals surface area contributed by atoms with Gasteiger partial charge in [-0.15, -0.1) is 0 Å². The first-order chi connectivity index (χ1) is 7.94. The predicted molar refractivity (Wildman–Crippen MR) is 50.5 cm³/mol. The maximum absolute atomic E-state index is 13.5. The summed E-state index contributed by atoms with van der Waals surface area (Å²) in [6, 6.07) is 0.205. The van der Waals surface area contributed by atoms with Crippen molar-refractivity contribution in [2.75, 3.05) is 0 Å². The van der Waals surface area contributed by atoms with Crippen molar-refractivity contribution >= 4 is 0 Å². The van der Waals surface area contributed by atoms with Gasteiger partial charge in [0.05, 0.1) is 11.1 Å². The van der Waals surface area contributed by atoms with E-state index in [9.17, 15) is 30.7 Å². The minimum Gasteiger partial charge on any atom is -0.206 e. The molecular weight excluding hydrogens is 265 g/mol. The van der Waals surface area contributed by atoms with Gasteiger partial charge in [-0.05, 0) is 23.6 Å². The molecule has 0 aliphatic rings. The van der Waals surface area contributed by atoms with Gasteiger partial charge in [0.2, 0.25) is 0 Å². The van der Waals surface area contributed by atoms with E-state index in [0.717, 1.165) is 0 Å². The Hall–Kier alpha value is -1.27. The molecule has 0 spiro atoms. The van der Waals surface area contributed by atoms with Gasteiger partial charge >= 0.3 is 12.4 Å². The number of alkyl halides is 6. The van der Waals surface area contributed by atoms with Crippen LogP contribution in [0, 0.1) is 5.82 Å². The standard InChI is InChI=1S/C11H9F7/c1-5(2)7-3-6(10(13,14)15)4-8(9(7)12)11(16,17)18/h3-5H,1-2H3. The smallest absolute Gasteiger partial charge is 0.206 e. The Balaban J connectivity index is 3.58. The molecule has 0 unspecified atom stereocenters. The van der Waals surface area contributed by atoms with Crippen molar-refractivity contribution in [3.05, 3.63) is 34.6 Å². The van der Waals surface area contributed by atoms with Crippen LogP contribution in [0.3, 0.4) is 0 Å². The van der Waals surface area contributed by atoms with E-state index >= 15 is 0 Å². The first-order valence-electron chi connectivity index (χ1n) is 4.92. The highest BCUT2D eigenvalue weighted by molar-refractivity contribution is 5.36. The SMILES string of the molecule is CC(C)c1cc(C(F)(F)F)cc(C(F)(F)F)c1F. The van der Waals surface area contributed by atoms with Gasteiger partial charge in [0.1, 0.15) is 5.82 Å². The van der Waals surface area contributed by atoms with E-state index in [4.69, 9.17) is 0 Å². The van der Waals surface area contributed by atoms with Crippen molar-refractivity contribution in [2.24, 2.45) is 0 Å². The molecule has 0 amide bonds. The van der Waals surface area contributed by atoms with E-state index in [1.54, 1.807) is 0 Å². The van der Waals surface area contributed by atoms with E-state index in [2.05, 4.69) is 0 Å². The third kappa shape index (κ3) is 2.94. The van der Waals surface area contributed by atoms with Crippen LogP contribution in [0.4, 0.5) is 30.7 Å². The molecule has 1 aromatic carbocycles. The summed E-state index contributed by atoms with van der Waals surface area (Å²) in [4.78, 5) is 0. The summed E-state index contributed by atoms with van der Waals surface area (Å²) in [6.07, 6.45) is -10.1. The molecule has 0 saturated heterocycles. The number of benzene rings is 1. The lowest BCUT2D eigenvalue weighted by molar-refractivity contribution is -0.144. The Morgan fingerprint density at radius 2 is 1.39 bits per heavy atom. The van der Waals surface area contributed by atoms with Crippen molar-refractivity contribution in [1.82, 2.24) is 0 Å². The van der Waals surface area contributed by atoms with Crippen molar-refractivity contribution in [3.8, 4) is 0 Å². The lowest BCUT2D eigenvalue weighted by Gasteiger charge is -2.17. The van der Waals surface area contributed by atoms with Crippen molar-refractivity contribution in [2.45, 2.75) is 32.1 Å². The summed E-state index contributed by atoms with van der Waals surface area (Å²) >= 11 is 0. The van der Waals surface area contributed by atoms with E-state index in [1.807, 2.05) is 0 Å². The molecule has 0 radical (unpaired) electrons. The molecule has 1 rings (SSSR count). The van der Waals surface area contributed by atoms with Crippen LogP contribution in [0.2, 0.25) is 0 Å². The highest BCUT2D eigenvalue weighted by atomic mass is 19.4. The molecule has 7 heteroatoms. The summed E-state index contributed by atoms with van der Waals surface area (Å²) in [7, 11) is 0. The van der Waals surface area contributed by atoms with Gasteiger partial charge in [-0.2, -0.15) is 26.3 Å². The Labute approximate surface area is 98.4 Å². The van der Waals surface area contributed by atoms with Gasteiger partial charge in [0, 0.05) is 0 Å². The quantitative estimate of drug-likeness (QED) is 0.633. The Bertz CT molecular complexity index is 440. The molecule has 0 bridgehead atoms. The zero-order valence-corrected chi connectivity index (χ0v) is 9.38. The summed E-state index contributed by atoms with van der Waals surface area (Å²) in [5.74, 6) is -2.43. The number of hydrogen-bond donors (Lipinski definition) is 0. The van der Waals surface area contributed by atoms with Gasteiger partial charge < -0.3 is 0 Å². The molecule has 18 heavy (non-hydrogen) atoms. The Morgan fingerprint density at radius 1 is 0.889 bits per heavy atom. The van der Waals surface area contributed by atoms with Crippen LogP contribution in [0.5, 0.6) is 0 Å². The molecule has 0 heterocycles. The average Bonchev–Trinajstić information content (AvgIpc) is 2.13. The van der Waals surface area contributed by atoms with E-state index < -0.39 is 40.8 Å². The monoisotopic (exact) mass is 274 g/mol. The fraction of sp³-hybridized carbons (Fsp3) is 0.455. The summed E-state index contributed by atoms with van der Waals surface area (Å²) < 4.78 is 88.2. The second kappa shape index (κ2) is 4.44.